The van der Waals surface area contributed by atoms with Gasteiger partial charge in [0.15, 0.2) is 0 Å². The summed E-state index contributed by atoms with van der Waals surface area (Å²) in [6.07, 6.45) is 1.93. The highest BCUT2D eigenvalue weighted by atomic mass is 79.9. The normalized spacial score (nSPS) is 19.7. The molecule has 8 heteroatoms. The second kappa shape index (κ2) is 6.41. The van der Waals surface area contributed by atoms with Gasteiger partial charge in [0, 0.05) is 36.6 Å². The fourth-order valence-electron chi connectivity index (χ4n) is 2.73. The molecule has 0 unspecified atom stereocenters. The molecule has 0 bridgehead atoms. The zero-order chi connectivity index (χ0) is 16.6. The Hall–Kier alpha value is -1.12. The molecular weight excluding hydrogens is 384 g/mol. The van der Waals surface area contributed by atoms with E-state index in [-0.39, 0.29) is 16.7 Å². The van der Waals surface area contributed by atoms with Crippen molar-refractivity contribution in [2.75, 3.05) is 33.3 Å². The van der Waals surface area contributed by atoms with Gasteiger partial charge in [-0.1, -0.05) is 15.9 Å². The van der Waals surface area contributed by atoms with Crippen LogP contribution in [0.25, 0.3) is 0 Å². The number of carbonyl (C=O) groups excluding carboxylic acids is 1. The van der Waals surface area contributed by atoms with Gasteiger partial charge in [-0.15, -0.1) is 0 Å². The van der Waals surface area contributed by atoms with E-state index in [2.05, 4.69) is 15.9 Å². The van der Waals surface area contributed by atoms with Crippen LogP contribution in [0.3, 0.4) is 0 Å². The Balaban J connectivity index is 1.76. The lowest BCUT2D eigenvalue weighted by molar-refractivity contribution is -0.133. The van der Waals surface area contributed by atoms with E-state index >= 15 is 0 Å². The summed E-state index contributed by atoms with van der Waals surface area (Å²) in [5.41, 5.74) is 0. The lowest BCUT2D eigenvalue weighted by Crippen LogP contribution is -2.50. The van der Waals surface area contributed by atoms with E-state index in [1.54, 1.807) is 23.1 Å². The van der Waals surface area contributed by atoms with Crippen LogP contribution in [0.2, 0.25) is 0 Å². The first-order valence-corrected chi connectivity index (χ1v) is 9.79. The van der Waals surface area contributed by atoms with Gasteiger partial charge in [-0.25, -0.2) is 8.42 Å². The molecule has 1 heterocycles. The fraction of sp³-hybridized carbons (Fsp3) is 0.533. The van der Waals surface area contributed by atoms with Gasteiger partial charge in [-0.3, -0.25) is 4.79 Å². The average molecular weight is 403 g/mol. The van der Waals surface area contributed by atoms with Crippen molar-refractivity contribution >= 4 is 31.9 Å². The van der Waals surface area contributed by atoms with Gasteiger partial charge in [0.2, 0.25) is 15.9 Å². The van der Waals surface area contributed by atoms with Gasteiger partial charge in [0.25, 0.3) is 0 Å². The molecule has 2 fully saturated rings. The van der Waals surface area contributed by atoms with E-state index in [4.69, 9.17) is 4.74 Å². The molecular formula is C15H19BrN2O4S. The van der Waals surface area contributed by atoms with Crippen molar-refractivity contribution in [3.05, 3.63) is 22.7 Å². The highest BCUT2D eigenvalue weighted by molar-refractivity contribution is 9.10. The molecule has 1 saturated carbocycles. The number of methoxy groups -OCH3 is 1. The van der Waals surface area contributed by atoms with Gasteiger partial charge in [-0.05, 0) is 31.0 Å². The predicted octanol–water partition coefficient (Wildman–Crippen LogP) is 1.70. The second-order valence-electron chi connectivity index (χ2n) is 5.80. The minimum absolute atomic E-state index is 0.149. The molecule has 1 aromatic rings. The van der Waals surface area contributed by atoms with Crippen LogP contribution in [0.5, 0.6) is 5.75 Å². The number of piperazine rings is 1. The number of carbonyl (C=O) groups is 1. The predicted molar refractivity (Wildman–Crippen MR) is 88.8 cm³/mol. The molecule has 1 saturated heterocycles. The summed E-state index contributed by atoms with van der Waals surface area (Å²) in [4.78, 5) is 14.0. The van der Waals surface area contributed by atoms with Gasteiger partial charge < -0.3 is 9.64 Å². The van der Waals surface area contributed by atoms with E-state index in [0.29, 0.717) is 36.4 Å². The van der Waals surface area contributed by atoms with Crippen molar-refractivity contribution in [3.63, 3.8) is 0 Å². The first kappa shape index (κ1) is 16.7. The van der Waals surface area contributed by atoms with Crippen LogP contribution in [0.15, 0.2) is 27.6 Å². The van der Waals surface area contributed by atoms with Crippen LogP contribution in [0.4, 0.5) is 0 Å². The van der Waals surface area contributed by atoms with E-state index in [1.807, 2.05) is 0 Å². The maximum Gasteiger partial charge on any atom is 0.246 e. The standard InChI is InChI=1S/C15H19BrN2O4S/c1-22-13-5-4-12(16)10-14(13)23(20,21)18-8-6-17(7-9-18)15(19)11-2-3-11/h4-5,10-11H,2-3,6-9H2,1H3. The summed E-state index contributed by atoms with van der Waals surface area (Å²) in [5.74, 6) is 0.662. The summed E-state index contributed by atoms with van der Waals surface area (Å²) in [6, 6.07) is 4.92. The molecule has 0 atom stereocenters. The number of sulfonamides is 1. The van der Waals surface area contributed by atoms with Gasteiger partial charge in [0.05, 0.1) is 7.11 Å². The molecule has 0 spiro atoms. The quantitative estimate of drug-likeness (QED) is 0.768. The van der Waals surface area contributed by atoms with E-state index in [0.717, 1.165) is 12.8 Å². The third kappa shape index (κ3) is 3.39. The molecule has 6 nitrogen and oxygen atoms in total. The van der Waals surface area contributed by atoms with E-state index in [9.17, 15) is 13.2 Å². The maximum absolute atomic E-state index is 12.9. The van der Waals surface area contributed by atoms with Gasteiger partial charge >= 0.3 is 0 Å². The van der Waals surface area contributed by atoms with Crippen LogP contribution in [0, 0.1) is 5.92 Å². The molecule has 2 aliphatic rings. The van der Waals surface area contributed by atoms with Crippen molar-refractivity contribution in [1.82, 2.24) is 9.21 Å². The number of benzene rings is 1. The maximum atomic E-state index is 12.9. The van der Waals surface area contributed by atoms with Crippen molar-refractivity contribution in [2.24, 2.45) is 5.92 Å². The Morgan fingerprint density at radius 1 is 1.22 bits per heavy atom. The highest BCUT2D eigenvalue weighted by Crippen LogP contribution is 2.33. The lowest BCUT2D eigenvalue weighted by Gasteiger charge is -2.34. The number of rotatable bonds is 4. The number of nitrogens with zero attached hydrogens (tertiary/aromatic N) is 2. The summed E-state index contributed by atoms with van der Waals surface area (Å²) < 4.78 is 33.0. The highest BCUT2D eigenvalue weighted by Gasteiger charge is 2.37. The number of halogens is 1. The molecule has 0 aromatic heterocycles. The zero-order valence-corrected chi connectivity index (χ0v) is 15.3. The van der Waals surface area contributed by atoms with E-state index < -0.39 is 10.0 Å². The van der Waals surface area contributed by atoms with Crippen LogP contribution >= 0.6 is 15.9 Å². The smallest absolute Gasteiger partial charge is 0.246 e. The van der Waals surface area contributed by atoms with Crippen LogP contribution in [-0.4, -0.2) is 56.8 Å². The largest absolute Gasteiger partial charge is 0.495 e. The molecule has 1 amide bonds. The van der Waals surface area contributed by atoms with Crippen LogP contribution in [-0.2, 0) is 14.8 Å². The Morgan fingerprint density at radius 3 is 2.43 bits per heavy atom. The summed E-state index contributed by atoms with van der Waals surface area (Å²) in [7, 11) is -2.19. The zero-order valence-electron chi connectivity index (χ0n) is 12.9. The molecule has 1 aromatic carbocycles. The summed E-state index contributed by atoms with van der Waals surface area (Å²) in [6.45, 7) is 1.53. The summed E-state index contributed by atoms with van der Waals surface area (Å²) in [5, 5.41) is 0. The molecule has 0 N–H and O–H groups in total. The van der Waals surface area contributed by atoms with Crippen LogP contribution < -0.4 is 4.74 Å². The number of ether oxygens (including phenoxy) is 1. The average Bonchev–Trinajstić information content (AvgIpc) is 3.39. The van der Waals surface area contributed by atoms with Crippen molar-refractivity contribution < 1.29 is 17.9 Å². The first-order valence-electron chi connectivity index (χ1n) is 7.56. The fourth-order valence-corrected chi connectivity index (χ4v) is 4.84. The van der Waals surface area contributed by atoms with Crippen LogP contribution in [0.1, 0.15) is 12.8 Å². The Kier molecular flexibility index (Phi) is 4.66. The number of amides is 1. The third-order valence-electron chi connectivity index (χ3n) is 4.22. The first-order chi connectivity index (χ1) is 10.9. The number of hydrogen-bond donors (Lipinski definition) is 0. The third-order valence-corrected chi connectivity index (χ3v) is 6.63. The minimum Gasteiger partial charge on any atom is -0.495 e. The molecule has 126 valence electrons. The molecule has 23 heavy (non-hydrogen) atoms. The lowest BCUT2D eigenvalue weighted by atomic mass is 10.3. The molecule has 1 aliphatic heterocycles. The Labute approximate surface area is 144 Å². The Morgan fingerprint density at radius 2 is 1.87 bits per heavy atom. The molecule has 3 rings (SSSR count). The van der Waals surface area contributed by atoms with Crippen molar-refractivity contribution in [3.8, 4) is 5.75 Å². The van der Waals surface area contributed by atoms with E-state index in [1.165, 1.54) is 11.4 Å². The second-order valence-corrected chi connectivity index (χ2v) is 8.62. The Bertz CT molecular complexity index is 710. The van der Waals surface area contributed by atoms with Crippen molar-refractivity contribution in [2.45, 2.75) is 17.7 Å². The summed E-state index contributed by atoms with van der Waals surface area (Å²) >= 11 is 3.30. The monoisotopic (exact) mass is 402 g/mol. The SMILES string of the molecule is COc1ccc(Br)cc1S(=O)(=O)N1CCN(C(=O)C2CC2)CC1. The number of hydrogen-bond acceptors (Lipinski definition) is 4. The molecule has 0 radical (unpaired) electrons. The van der Waals surface area contributed by atoms with Gasteiger partial charge in [0.1, 0.15) is 10.6 Å². The van der Waals surface area contributed by atoms with Gasteiger partial charge in [-0.2, -0.15) is 4.31 Å². The molecule has 1 aliphatic carbocycles. The topological polar surface area (TPSA) is 66.9 Å². The minimum atomic E-state index is -3.64. The van der Waals surface area contributed by atoms with Crippen molar-refractivity contribution in [1.29, 1.82) is 0 Å².